The minimum absolute atomic E-state index is 0.377. The molecule has 0 amide bonds. The lowest BCUT2D eigenvalue weighted by Gasteiger charge is -2.23. The number of sulfonamides is 1. The van der Waals surface area contributed by atoms with E-state index in [0.717, 1.165) is 41.5 Å². The molecule has 1 saturated heterocycles. The van der Waals surface area contributed by atoms with Crippen LogP contribution in [0.4, 0.5) is 0 Å². The van der Waals surface area contributed by atoms with Crippen LogP contribution in [0.5, 0.6) is 0 Å². The highest BCUT2D eigenvalue weighted by Gasteiger charge is 2.20. The molecule has 0 radical (unpaired) electrons. The van der Waals surface area contributed by atoms with E-state index in [-0.39, 0.29) is 0 Å². The van der Waals surface area contributed by atoms with Gasteiger partial charge >= 0.3 is 0 Å². The van der Waals surface area contributed by atoms with E-state index in [1.165, 1.54) is 0 Å². The van der Waals surface area contributed by atoms with Crippen molar-refractivity contribution in [3.63, 3.8) is 0 Å². The highest BCUT2D eigenvalue weighted by Crippen LogP contribution is 2.24. The van der Waals surface area contributed by atoms with Gasteiger partial charge in [0.2, 0.25) is 10.0 Å². The van der Waals surface area contributed by atoms with Gasteiger partial charge < -0.3 is 5.32 Å². The Balaban J connectivity index is 2.11. The molecule has 6 heteroatoms. The van der Waals surface area contributed by atoms with E-state index >= 15 is 0 Å². The average Bonchev–Trinajstić information content (AvgIpc) is 2.42. The van der Waals surface area contributed by atoms with Crippen LogP contribution in [0.25, 0.3) is 0 Å². The summed E-state index contributed by atoms with van der Waals surface area (Å²) in [5.41, 5.74) is 1.69. The van der Waals surface area contributed by atoms with Gasteiger partial charge in [0.25, 0.3) is 0 Å². The van der Waals surface area contributed by atoms with E-state index in [1.807, 2.05) is 19.9 Å². The van der Waals surface area contributed by atoms with Crippen molar-refractivity contribution in [1.29, 1.82) is 0 Å². The molecule has 1 unspecified atom stereocenters. The zero-order valence-corrected chi connectivity index (χ0v) is 14.3. The SMILES string of the molecule is Cc1cc(S(=O)(=O)NCC2CCCNC2)c(C)cc1Br. The van der Waals surface area contributed by atoms with Gasteiger partial charge in [-0.3, -0.25) is 0 Å². The molecule has 2 rings (SSSR count). The Hall–Kier alpha value is -0.430. The fourth-order valence-electron chi connectivity index (χ4n) is 2.45. The summed E-state index contributed by atoms with van der Waals surface area (Å²) >= 11 is 3.42. The summed E-state index contributed by atoms with van der Waals surface area (Å²) in [7, 11) is -3.43. The Morgan fingerprint density at radius 1 is 1.35 bits per heavy atom. The number of benzene rings is 1. The summed E-state index contributed by atoms with van der Waals surface area (Å²) < 4.78 is 28.5. The van der Waals surface area contributed by atoms with Crippen LogP contribution in [-0.2, 0) is 10.0 Å². The second kappa shape index (κ2) is 6.56. The van der Waals surface area contributed by atoms with Crippen LogP contribution >= 0.6 is 15.9 Å². The van der Waals surface area contributed by atoms with Crippen molar-refractivity contribution in [2.24, 2.45) is 5.92 Å². The maximum Gasteiger partial charge on any atom is 0.240 e. The zero-order chi connectivity index (χ0) is 14.8. The fourth-order valence-corrected chi connectivity index (χ4v) is 4.33. The van der Waals surface area contributed by atoms with Gasteiger partial charge in [0.05, 0.1) is 4.90 Å². The molecule has 0 aromatic heterocycles. The molecule has 1 fully saturated rings. The third-order valence-electron chi connectivity index (χ3n) is 3.71. The molecule has 0 saturated carbocycles. The van der Waals surface area contributed by atoms with Gasteiger partial charge in [-0.15, -0.1) is 0 Å². The van der Waals surface area contributed by atoms with Crippen molar-refractivity contribution in [3.05, 3.63) is 27.7 Å². The lowest BCUT2D eigenvalue weighted by Crippen LogP contribution is -2.38. The summed E-state index contributed by atoms with van der Waals surface area (Å²) in [6.07, 6.45) is 2.19. The molecule has 1 aliphatic heterocycles. The quantitative estimate of drug-likeness (QED) is 0.866. The van der Waals surface area contributed by atoms with Crippen molar-refractivity contribution in [2.45, 2.75) is 31.6 Å². The maximum absolute atomic E-state index is 12.4. The third-order valence-corrected chi connectivity index (χ3v) is 6.13. The van der Waals surface area contributed by atoms with Gasteiger partial charge in [-0.1, -0.05) is 15.9 Å². The highest BCUT2D eigenvalue weighted by molar-refractivity contribution is 9.10. The largest absolute Gasteiger partial charge is 0.316 e. The summed E-state index contributed by atoms with van der Waals surface area (Å²) in [6, 6.07) is 3.58. The van der Waals surface area contributed by atoms with Gasteiger partial charge in [-0.2, -0.15) is 0 Å². The lowest BCUT2D eigenvalue weighted by molar-refractivity contribution is 0.376. The molecule has 2 N–H and O–H groups in total. The summed E-state index contributed by atoms with van der Waals surface area (Å²) in [6.45, 7) is 6.15. The van der Waals surface area contributed by atoms with Crippen LogP contribution in [0, 0.1) is 19.8 Å². The van der Waals surface area contributed by atoms with Gasteiger partial charge in [0.15, 0.2) is 0 Å². The molecule has 4 nitrogen and oxygen atoms in total. The second-order valence-corrected chi connectivity index (χ2v) is 8.02. The molecular formula is C14H21BrN2O2S. The van der Waals surface area contributed by atoms with Crippen molar-refractivity contribution in [2.75, 3.05) is 19.6 Å². The molecule has 1 aromatic carbocycles. The zero-order valence-electron chi connectivity index (χ0n) is 11.9. The maximum atomic E-state index is 12.4. The van der Waals surface area contributed by atoms with Crippen molar-refractivity contribution in [3.8, 4) is 0 Å². The Kier molecular flexibility index (Phi) is 5.23. The molecule has 1 aliphatic rings. The van der Waals surface area contributed by atoms with Crippen LogP contribution in [0.2, 0.25) is 0 Å². The minimum Gasteiger partial charge on any atom is -0.316 e. The minimum atomic E-state index is -3.43. The number of nitrogens with one attached hydrogen (secondary N) is 2. The van der Waals surface area contributed by atoms with E-state index in [2.05, 4.69) is 26.0 Å². The predicted octanol–water partition coefficient (Wildman–Crippen LogP) is 2.34. The van der Waals surface area contributed by atoms with Gasteiger partial charge in [-0.05, 0) is 69.0 Å². The Morgan fingerprint density at radius 3 is 2.75 bits per heavy atom. The Morgan fingerprint density at radius 2 is 2.10 bits per heavy atom. The molecule has 0 aliphatic carbocycles. The van der Waals surface area contributed by atoms with Gasteiger partial charge in [0.1, 0.15) is 0 Å². The van der Waals surface area contributed by atoms with Crippen molar-refractivity contribution in [1.82, 2.24) is 10.0 Å². The number of aryl methyl sites for hydroxylation is 2. The van der Waals surface area contributed by atoms with E-state index in [9.17, 15) is 8.42 Å². The normalized spacial score (nSPS) is 20.1. The van der Waals surface area contributed by atoms with Crippen LogP contribution < -0.4 is 10.0 Å². The summed E-state index contributed by atoms with van der Waals surface area (Å²) in [5.74, 6) is 0.385. The summed E-state index contributed by atoms with van der Waals surface area (Å²) in [4.78, 5) is 0.377. The molecule has 20 heavy (non-hydrogen) atoms. The van der Waals surface area contributed by atoms with E-state index in [0.29, 0.717) is 17.4 Å². The first-order chi connectivity index (χ1) is 9.40. The highest BCUT2D eigenvalue weighted by atomic mass is 79.9. The average molecular weight is 361 g/mol. The van der Waals surface area contributed by atoms with Gasteiger partial charge in [0, 0.05) is 11.0 Å². The van der Waals surface area contributed by atoms with Crippen LogP contribution in [0.3, 0.4) is 0 Å². The monoisotopic (exact) mass is 360 g/mol. The molecule has 0 bridgehead atoms. The number of piperidine rings is 1. The van der Waals surface area contributed by atoms with E-state index in [4.69, 9.17) is 0 Å². The molecule has 112 valence electrons. The van der Waals surface area contributed by atoms with Crippen LogP contribution in [0.1, 0.15) is 24.0 Å². The van der Waals surface area contributed by atoms with Crippen LogP contribution in [-0.4, -0.2) is 28.1 Å². The first-order valence-corrected chi connectivity index (χ1v) is 9.15. The Labute approximate surface area is 129 Å². The fraction of sp³-hybridized carbons (Fsp3) is 0.571. The van der Waals surface area contributed by atoms with E-state index in [1.54, 1.807) is 6.07 Å². The number of hydrogen-bond donors (Lipinski definition) is 2. The standard InChI is InChI=1S/C14H21BrN2O2S/c1-10-7-14(11(2)6-13(10)15)20(18,19)17-9-12-4-3-5-16-8-12/h6-7,12,16-17H,3-5,8-9H2,1-2H3. The topological polar surface area (TPSA) is 58.2 Å². The third kappa shape index (κ3) is 3.81. The Bertz CT molecular complexity index is 581. The van der Waals surface area contributed by atoms with Crippen LogP contribution in [0.15, 0.2) is 21.5 Å². The first kappa shape index (κ1) is 15.9. The lowest BCUT2D eigenvalue weighted by atomic mass is 10.0. The molecule has 1 atom stereocenters. The predicted molar refractivity (Wildman–Crippen MR) is 84.4 cm³/mol. The number of rotatable bonds is 4. The number of hydrogen-bond acceptors (Lipinski definition) is 3. The summed E-state index contributed by atoms with van der Waals surface area (Å²) in [5, 5.41) is 3.30. The molecule has 1 aromatic rings. The van der Waals surface area contributed by atoms with Crippen molar-refractivity contribution < 1.29 is 8.42 Å². The first-order valence-electron chi connectivity index (χ1n) is 6.87. The van der Waals surface area contributed by atoms with E-state index < -0.39 is 10.0 Å². The second-order valence-electron chi connectivity index (χ2n) is 5.43. The smallest absolute Gasteiger partial charge is 0.240 e. The van der Waals surface area contributed by atoms with Gasteiger partial charge in [-0.25, -0.2) is 13.1 Å². The molecule has 1 heterocycles. The van der Waals surface area contributed by atoms with Crippen molar-refractivity contribution >= 4 is 26.0 Å². The number of halogens is 1. The molecular weight excluding hydrogens is 340 g/mol. The molecule has 0 spiro atoms.